The molecule has 1 N–H and O–H groups in total. The summed E-state index contributed by atoms with van der Waals surface area (Å²) in [6, 6.07) is 4.19. The number of halogens is 1. The van der Waals surface area contributed by atoms with Gasteiger partial charge >= 0.3 is 0 Å². The second kappa shape index (κ2) is 8.70. The Morgan fingerprint density at radius 2 is 2.00 bits per heavy atom. The summed E-state index contributed by atoms with van der Waals surface area (Å²) in [6.45, 7) is 7.28. The van der Waals surface area contributed by atoms with Crippen LogP contribution in [-0.2, 0) is 4.79 Å². The summed E-state index contributed by atoms with van der Waals surface area (Å²) in [5, 5.41) is 9.00. The molecule has 0 aliphatic carbocycles. The lowest BCUT2D eigenvalue weighted by molar-refractivity contribution is -0.128. The molecule has 0 unspecified atom stereocenters. The van der Waals surface area contributed by atoms with E-state index in [-0.39, 0.29) is 12.5 Å². The molecule has 0 fully saturated rings. The standard InChI is InChI=1S/C15H22BrNO2S/c1-4-5-17(6-7-18)15(19)10-20-14-9-11(2)13(16)8-12(14)3/h8-9,18H,4-7,10H2,1-3H3. The third kappa shape index (κ3) is 5.11. The Kier molecular flexibility index (Phi) is 7.62. The molecule has 0 heterocycles. The Hall–Kier alpha value is -0.520. The zero-order valence-electron chi connectivity index (χ0n) is 12.3. The predicted molar refractivity (Wildman–Crippen MR) is 88.3 cm³/mol. The molecule has 1 rings (SSSR count). The molecule has 0 bridgehead atoms. The minimum Gasteiger partial charge on any atom is -0.395 e. The Balaban J connectivity index is 2.66. The number of benzene rings is 1. The number of thioether (sulfide) groups is 1. The Labute approximate surface area is 133 Å². The van der Waals surface area contributed by atoms with Gasteiger partial charge in [-0.25, -0.2) is 0 Å². The van der Waals surface area contributed by atoms with E-state index in [1.54, 1.807) is 16.7 Å². The van der Waals surface area contributed by atoms with E-state index in [0.29, 0.717) is 18.8 Å². The van der Waals surface area contributed by atoms with Crippen molar-refractivity contribution in [2.45, 2.75) is 32.1 Å². The molecule has 0 saturated heterocycles. The highest BCUT2D eigenvalue weighted by Crippen LogP contribution is 2.28. The van der Waals surface area contributed by atoms with Crippen LogP contribution in [-0.4, -0.2) is 41.4 Å². The summed E-state index contributed by atoms with van der Waals surface area (Å²) in [6.07, 6.45) is 0.910. The first kappa shape index (κ1) is 17.5. The van der Waals surface area contributed by atoms with Crippen LogP contribution in [0.15, 0.2) is 21.5 Å². The first-order chi connectivity index (χ1) is 9.49. The number of carbonyl (C=O) groups is 1. The summed E-state index contributed by atoms with van der Waals surface area (Å²) in [4.78, 5) is 15.0. The van der Waals surface area contributed by atoms with E-state index in [1.165, 1.54) is 11.1 Å². The maximum atomic E-state index is 12.1. The molecule has 1 amide bonds. The van der Waals surface area contributed by atoms with E-state index >= 15 is 0 Å². The Bertz CT molecular complexity index is 459. The number of amides is 1. The predicted octanol–water partition coefficient (Wildman–Crippen LogP) is 3.39. The third-order valence-electron chi connectivity index (χ3n) is 3.02. The van der Waals surface area contributed by atoms with Gasteiger partial charge in [0.1, 0.15) is 0 Å². The topological polar surface area (TPSA) is 40.5 Å². The average Bonchev–Trinajstić information content (AvgIpc) is 2.41. The highest BCUT2D eigenvalue weighted by molar-refractivity contribution is 9.10. The maximum Gasteiger partial charge on any atom is 0.233 e. The zero-order valence-corrected chi connectivity index (χ0v) is 14.7. The van der Waals surface area contributed by atoms with Crippen LogP contribution in [0.4, 0.5) is 0 Å². The van der Waals surface area contributed by atoms with Crippen LogP contribution in [0.2, 0.25) is 0 Å². The van der Waals surface area contributed by atoms with Gasteiger partial charge in [0.2, 0.25) is 5.91 Å². The van der Waals surface area contributed by atoms with Crippen molar-refractivity contribution in [1.82, 2.24) is 4.90 Å². The SMILES string of the molecule is CCCN(CCO)C(=O)CSc1cc(C)c(Br)cc1C. The van der Waals surface area contributed by atoms with Gasteiger partial charge in [-0.2, -0.15) is 0 Å². The number of hydrogen-bond acceptors (Lipinski definition) is 3. The van der Waals surface area contributed by atoms with Crippen LogP contribution in [0.1, 0.15) is 24.5 Å². The van der Waals surface area contributed by atoms with Gasteiger partial charge in [-0.05, 0) is 43.5 Å². The quantitative estimate of drug-likeness (QED) is 0.758. The molecule has 1 aromatic carbocycles. The molecular formula is C15H22BrNO2S. The lowest BCUT2D eigenvalue weighted by atomic mass is 10.2. The number of aliphatic hydroxyl groups is 1. The van der Waals surface area contributed by atoms with Crippen molar-refractivity contribution in [3.63, 3.8) is 0 Å². The normalized spacial score (nSPS) is 10.7. The molecule has 1 aromatic rings. The number of aliphatic hydroxyl groups excluding tert-OH is 1. The highest BCUT2D eigenvalue weighted by atomic mass is 79.9. The van der Waals surface area contributed by atoms with Crippen molar-refractivity contribution < 1.29 is 9.90 Å². The van der Waals surface area contributed by atoms with Crippen LogP contribution >= 0.6 is 27.7 Å². The Morgan fingerprint density at radius 3 is 2.60 bits per heavy atom. The molecule has 0 spiro atoms. The fourth-order valence-corrected chi connectivity index (χ4v) is 3.36. The number of nitrogens with zero attached hydrogens (tertiary/aromatic N) is 1. The maximum absolute atomic E-state index is 12.1. The fourth-order valence-electron chi connectivity index (χ4n) is 1.89. The van der Waals surface area contributed by atoms with E-state index in [2.05, 4.69) is 35.0 Å². The van der Waals surface area contributed by atoms with Gasteiger partial charge in [-0.15, -0.1) is 11.8 Å². The molecule has 0 aromatic heterocycles. The molecular weight excluding hydrogens is 338 g/mol. The van der Waals surface area contributed by atoms with E-state index in [4.69, 9.17) is 5.11 Å². The average molecular weight is 360 g/mol. The molecule has 0 radical (unpaired) electrons. The summed E-state index contributed by atoms with van der Waals surface area (Å²) in [5.74, 6) is 0.507. The molecule has 0 saturated carbocycles. The van der Waals surface area contributed by atoms with Gasteiger partial charge in [0, 0.05) is 22.5 Å². The molecule has 0 aliphatic heterocycles. The van der Waals surface area contributed by atoms with Crippen molar-refractivity contribution in [1.29, 1.82) is 0 Å². The van der Waals surface area contributed by atoms with Crippen LogP contribution in [0.5, 0.6) is 0 Å². The van der Waals surface area contributed by atoms with Crippen LogP contribution in [0, 0.1) is 13.8 Å². The summed E-state index contributed by atoms with van der Waals surface area (Å²) >= 11 is 5.08. The fraction of sp³-hybridized carbons (Fsp3) is 0.533. The van der Waals surface area contributed by atoms with Gasteiger partial charge < -0.3 is 10.0 Å². The van der Waals surface area contributed by atoms with Crippen LogP contribution in [0.3, 0.4) is 0 Å². The van der Waals surface area contributed by atoms with E-state index in [0.717, 1.165) is 15.8 Å². The van der Waals surface area contributed by atoms with Crippen molar-refractivity contribution >= 4 is 33.6 Å². The molecule has 5 heteroatoms. The minimum atomic E-state index is 0.0207. The lowest BCUT2D eigenvalue weighted by Gasteiger charge is -2.21. The molecule has 3 nitrogen and oxygen atoms in total. The van der Waals surface area contributed by atoms with Gasteiger partial charge in [0.05, 0.1) is 12.4 Å². The lowest BCUT2D eigenvalue weighted by Crippen LogP contribution is -2.35. The largest absolute Gasteiger partial charge is 0.395 e. The Morgan fingerprint density at radius 1 is 1.30 bits per heavy atom. The van der Waals surface area contributed by atoms with E-state index < -0.39 is 0 Å². The molecule has 20 heavy (non-hydrogen) atoms. The van der Waals surface area contributed by atoms with Crippen LogP contribution < -0.4 is 0 Å². The number of aryl methyl sites for hydroxylation is 2. The van der Waals surface area contributed by atoms with E-state index in [1.807, 2.05) is 13.8 Å². The second-order valence-corrected chi connectivity index (χ2v) is 6.63. The summed E-state index contributed by atoms with van der Waals surface area (Å²) in [5.41, 5.74) is 2.34. The highest BCUT2D eigenvalue weighted by Gasteiger charge is 2.13. The number of rotatable bonds is 7. The first-order valence-electron chi connectivity index (χ1n) is 6.77. The molecule has 0 aliphatic rings. The third-order valence-corrected chi connectivity index (χ3v) is 5.02. The zero-order chi connectivity index (χ0) is 15.1. The summed E-state index contributed by atoms with van der Waals surface area (Å²) < 4.78 is 1.10. The second-order valence-electron chi connectivity index (χ2n) is 4.76. The van der Waals surface area contributed by atoms with Crippen molar-refractivity contribution in [2.24, 2.45) is 0 Å². The minimum absolute atomic E-state index is 0.0207. The molecule has 0 atom stereocenters. The van der Waals surface area contributed by atoms with Crippen molar-refractivity contribution in [3.8, 4) is 0 Å². The van der Waals surface area contributed by atoms with E-state index in [9.17, 15) is 4.79 Å². The van der Waals surface area contributed by atoms with Gasteiger partial charge in [0.15, 0.2) is 0 Å². The number of carbonyl (C=O) groups excluding carboxylic acids is 1. The smallest absolute Gasteiger partial charge is 0.233 e. The van der Waals surface area contributed by atoms with Crippen LogP contribution in [0.25, 0.3) is 0 Å². The van der Waals surface area contributed by atoms with Gasteiger partial charge in [0.25, 0.3) is 0 Å². The monoisotopic (exact) mass is 359 g/mol. The van der Waals surface area contributed by atoms with Crippen molar-refractivity contribution in [2.75, 3.05) is 25.4 Å². The van der Waals surface area contributed by atoms with Gasteiger partial charge in [-0.1, -0.05) is 22.9 Å². The van der Waals surface area contributed by atoms with Crippen molar-refractivity contribution in [3.05, 3.63) is 27.7 Å². The summed E-state index contributed by atoms with van der Waals surface area (Å²) in [7, 11) is 0. The molecule has 112 valence electrons. The first-order valence-corrected chi connectivity index (χ1v) is 8.55. The number of hydrogen-bond donors (Lipinski definition) is 1. The van der Waals surface area contributed by atoms with Gasteiger partial charge in [-0.3, -0.25) is 4.79 Å².